The van der Waals surface area contributed by atoms with Gasteiger partial charge in [-0.05, 0) is 67.2 Å². The number of rotatable bonds is 3. The zero-order valence-electron chi connectivity index (χ0n) is 15.9. The molecule has 1 aromatic carbocycles. The predicted octanol–water partition coefficient (Wildman–Crippen LogP) is 2.67. The summed E-state index contributed by atoms with van der Waals surface area (Å²) in [6, 6.07) is 5.78. The van der Waals surface area contributed by atoms with Crippen LogP contribution in [0.5, 0.6) is 0 Å². The summed E-state index contributed by atoms with van der Waals surface area (Å²) in [5.74, 6) is 0.794. The van der Waals surface area contributed by atoms with E-state index in [-0.39, 0.29) is 48.1 Å². The molecule has 2 saturated carbocycles. The van der Waals surface area contributed by atoms with Crippen molar-refractivity contribution >= 4 is 23.4 Å². The van der Waals surface area contributed by atoms with Crippen molar-refractivity contribution < 1.29 is 14.4 Å². The van der Waals surface area contributed by atoms with Gasteiger partial charge >= 0.3 is 0 Å². The fourth-order valence-electron chi connectivity index (χ4n) is 5.56. The van der Waals surface area contributed by atoms with Crippen molar-refractivity contribution in [3.63, 3.8) is 0 Å². The van der Waals surface area contributed by atoms with Crippen molar-refractivity contribution in [2.75, 3.05) is 11.6 Å². The number of carbonyl (C=O) groups is 3. The van der Waals surface area contributed by atoms with Crippen molar-refractivity contribution in [3.8, 4) is 0 Å². The molecular weight excluding hydrogens is 340 g/mol. The van der Waals surface area contributed by atoms with Gasteiger partial charge in [0.15, 0.2) is 0 Å². The molecule has 1 heterocycles. The summed E-state index contributed by atoms with van der Waals surface area (Å²) in [4.78, 5) is 41.5. The van der Waals surface area contributed by atoms with Gasteiger partial charge in [-0.1, -0.05) is 18.2 Å². The maximum Gasteiger partial charge on any atom is 0.235 e. The van der Waals surface area contributed by atoms with E-state index in [1.165, 1.54) is 16.7 Å². The summed E-state index contributed by atoms with van der Waals surface area (Å²) < 4.78 is 0. The average molecular weight is 364 g/mol. The third-order valence-electron chi connectivity index (χ3n) is 7.22. The second-order valence-electron chi connectivity index (χ2n) is 8.62. The molecule has 140 valence electrons. The first-order valence-corrected chi connectivity index (χ1v) is 9.77. The van der Waals surface area contributed by atoms with E-state index < -0.39 is 0 Å². The van der Waals surface area contributed by atoms with Gasteiger partial charge in [-0.25, -0.2) is 0 Å². The quantitative estimate of drug-likeness (QED) is 0.612. The maximum atomic E-state index is 13.1. The Kier molecular flexibility index (Phi) is 3.43. The van der Waals surface area contributed by atoms with Gasteiger partial charge in [0.25, 0.3) is 0 Å². The molecule has 6 rings (SSSR count). The Hall–Kier alpha value is -2.43. The zero-order chi connectivity index (χ0) is 19.0. The Morgan fingerprint density at radius 1 is 1.04 bits per heavy atom. The molecule has 0 aromatic heterocycles. The minimum atomic E-state index is -0.218. The summed E-state index contributed by atoms with van der Waals surface area (Å²) in [5, 5.41) is 0. The summed E-state index contributed by atoms with van der Waals surface area (Å²) in [5.41, 5.74) is 2.95. The number of imide groups is 1. The number of allylic oxidation sites excluding steroid dienone is 2. The first kappa shape index (κ1) is 16.7. The third kappa shape index (κ3) is 2.27. The second-order valence-corrected chi connectivity index (χ2v) is 8.62. The molecule has 0 radical (unpaired) electrons. The van der Waals surface area contributed by atoms with Crippen molar-refractivity contribution in [2.45, 2.75) is 27.2 Å². The lowest BCUT2D eigenvalue weighted by Crippen LogP contribution is -2.44. The normalized spacial score (nSPS) is 35.3. The number of benzene rings is 1. The highest BCUT2D eigenvalue weighted by Gasteiger charge is 2.67. The van der Waals surface area contributed by atoms with Crippen LogP contribution in [0.1, 0.15) is 24.5 Å². The number of carbonyl (C=O) groups excluding carboxylic acids is 3. The van der Waals surface area contributed by atoms with Crippen molar-refractivity contribution in [1.82, 2.24) is 4.90 Å². The molecule has 1 aromatic rings. The Balaban J connectivity index is 1.44. The standard InChI is InChI=1S/C22H24N2O3/c1-11-4-5-14(8-12(11)2)23(13(3)25)10-24-21(26)19-15-6-7-16(18-9-17(15)18)20(19)22(24)27/h4-8,15-20H,9-10H2,1-3H3/t15-,16-,17-,18-,19-,20+/m1/s1. The molecule has 27 heavy (non-hydrogen) atoms. The van der Waals surface area contributed by atoms with Gasteiger partial charge in [0.2, 0.25) is 17.7 Å². The van der Waals surface area contributed by atoms with Crippen molar-refractivity contribution in [1.29, 1.82) is 0 Å². The van der Waals surface area contributed by atoms with Crippen LogP contribution in [0.3, 0.4) is 0 Å². The number of amides is 3. The first-order chi connectivity index (χ1) is 12.9. The number of aryl methyl sites for hydroxylation is 2. The van der Waals surface area contributed by atoms with Gasteiger partial charge in [-0.15, -0.1) is 0 Å². The lowest BCUT2D eigenvalue weighted by molar-refractivity contribution is -0.140. The minimum Gasteiger partial charge on any atom is -0.294 e. The molecule has 3 amide bonds. The Bertz CT molecular complexity index is 869. The fraction of sp³-hybridized carbons (Fsp3) is 0.500. The van der Waals surface area contributed by atoms with Crippen molar-refractivity contribution in [2.24, 2.45) is 35.5 Å². The molecule has 6 atom stereocenters. The molecule has 5 aliphatic rings. The number of likely N-dealkylation sites (tertiary alicyclic amines) is 1. The van der Waals surface area contributed by atoms with Crippen LogP contribution in [0.15, 0.2) is 30.4 Å². The third-order valence-corrected chi connectivity index (χ3v) is 7.22. The van der Waals surface area contributed by atoms with E-state index in [2.05, 4.69) is 12.2 Å². The summed E-state index contributed by atoms with van der Waals surface area (Å²) in [6.07, 6.45) is 5.49. The highest BCUT2D eigenvalue weighted by molar-refractivity contribution is 6.07. The van der Waals surface area contributed by atoms with Crippen LogP contribution in [0.4, 0.5) is 5.69 Å². The van der Waals surface area contributed by atoms with E-state index in [1.807, 2.05) is 32.0 Å². The molecule has 3 fully saturated rings. The molecule has 2 bridgehead atoms. The predicted molar refractivity (Wildman–Crippen MR) is 100 cm³/mol. The molecule has 1 aliphatic heterocycles. The average Bonchev–Trinajstić information content (AvgIpc) is 3.41. The van der Waals surface area contributed by atoms with Gasteiger partial charge in [0.1, 0.15) is 6.67 Å². The smallest absolute Gasteiger partial charge is 0.235 e. The number of anilines is 1. The molecule has 0 unspecified atom stereocenters. The van der Waals surface area contributed by atoms with Crippen LogP contribution >= 0.6 is 0 Å². The topological polar surface area (TPSA) is 57.7 Å². The van der Waals surface area contributed by atoms with E-state index in [0.717, 1.165) is 23.2 Å². The summed E-state index contributed by atoms with van der Waals surface area (Å²) >= 11 is 0. The lowest BCUT2D eigenvalue weighted by atomic mass is 9.63. The highest BCUT2D eigenvalue weighted by atomic mass is 16.2. The Morgan fingerprint density at radius 2 is 1.63 bits per heavy atom. The zero-order valence-corrected chi connectivity index (χ0v) is 15.9. The Labute approximate surface area is 159 Å². The SMILES string of the molecule is CC(=O)N(CN1C(=O)[C@@H]2[C@@H]3C=C[C@H]([C@H]4C[C@H]34)[C@@H]2C1=O)c1ccc(C)c(C)c1. The first-order valence-electron chi connectivity index (χ1n) is 9.77. The number of hydrogen-bond acceptors (Lipinski definition) is 3. The van der Waals surface area contributed by atoms with E-state index in [9.17, 15) is 14.4 Å². The van der Waals surface area contributed by atoms with E-state index in [4.69, 9.17) is 0 Å². The van der Waals surface area contributed by atoms with Gasteiger partial charge in [0, 0.05) is 12.6 Å². The fourth-order valence-corrected chi connectivity index (χ4v) is 5.56. The molecule has 1 saturated heterocycles. The lowest BCUT2D eigenvalue weighted by Gasteiger charge is -2.37. The highest BCUT2D eigenvalue weighted by Crippen LogP contribution is 2.65. The van der Waals surface area contributed by atoms with Crippen LogP contribution in [0.25, 0.3) is 0 Å². The molecule has 0 N–H and O–H groups in total. The number of hydrogen-bond donors (Lipinski definition) is 0. The molecule has 5 nitrogen and oxygen atoms in total. The van der Waals surface area contributed by atoms with Crippen LogP contribution in [-0.2, 0) is 14.4 Å². The molecule has 5 heteroatoms. The van der Waals surface area contributed by atoms with E-state index in [0.29, 0.717) is 11.8 Å². The largest absolute Gasteiger partial charge is 0.294 e. The maximum absolute atomic E-state index is 13.1. The van der Waals surface area contributed by atoms with Crippen LogP contribution in [0.2, 0.25) is 0 Å². The summed E-state index contributed by atoms with van der Waals surface area (Å²) in [7, 11) is 0. The number of nitrogens with zero attached hydrogens (tertiary/aromatic N) is 2. The van der Waals surface area contributed by atoms with Gasteiger partial charge in [-0.3, -0.25) is 24.2 Å². The van der Waals surface area contributed by atoms with Crippen LogP contribution in [-0.4, -0.2) is 29.3 Å². The monoisotopic (exact) mass is 364 g/mol. The van der Waals surface area contributed by atoms with Gasteiger partial charge in [0.05, 0.1) is 11.8 Å². The minimum absolute atomic E-state index is 0.0112. The molecule has 4 aliphatic carbocycles. The summed E-state index contributed by atoms with van der Waals surface area (Å²) in [6.45, 7) is 5.50. The van der Waals surface area contributed by atoms with E-state index in [1.54, 1.807) is 0 Å². The van der Waals surface area contributed by atoms with Gasteiger partial charge in [-0.2, -0.15) is 0 Å². The van der Waals surface area contributed by atoms with Gasteiger partial charge < -0.3 is 0 Å². The second kappa shape index (κ2) is 5.54. The van der Waals surface area contributed by atoms with E-state index >= 15 is 0 Å². The molecule has 0 spiro atoms. The molecular formula is C22H24N2O3. The van der Waals surface area contributed by atoms with Crippen LogP contribution < -0.4 is 4.90 Å². The van der Waals surface area contributed by atoms with Crippen molar-refractivity contribution in [3.05, 3.63) is 41.5 Å². The van der Waals surface area contributed by atoms with Crippen LogP contribution in [0, 0.1) is 49.4 Å². The Morgan fingerprint density at radius 3 is 2.15 bits per heavy atom.